The molecule has 84 valence electrons. The summed E-state index contributed by atoms with van der Waals surface area (Å²) < 4.78 is 0.720. The zero-order valence-corrected chi connectivity index (χ0v) is 10.5. The van der Waals surface area contributed by atoms with E-state index in [1.165, 1.54) is 0 Å². The van der Waals surface area contributed by atoms with Gasteiger partial charge in [-0.1, -0.05) is 0 Å². The number of unbranched alkanes of at least 4 members (excludes halogenated alkanes) is 2. The summed E-state index contributed by atoms with van der Waals surface area (Å²) in [5, 5.41) is 2.81. The van der Waals surface area contributed by atoms with Crippen LogP contribution in [0.2, 0.25) is 0 Å². The summed E-state index contributed by atoms with van der Waals surface area (Å²) in [6.45, 7) is 0.649. The molecular formula is C12H13BrN2O. The molecule has 0 aromatic carbocycles. The van der Waals surface area contributed by atoms with Gasteiger partial charge in [-0.3, -0.25) is 4.79 Å². The van der Waals surface area contributed by atoms with Gasteiger partial charge in [0.1, 0.15) is 4.60 Å². The molecule has 0 aliphatic heterocycles. The number of nitrogens with zero attached hydrogens (tertiary/aromatic N) is 1. The Morgan fingerprint density at radius 2 is 2.31 bits per heavy atom. The SMILES string of the molecule is C#CCCCCNC(=O)c1ccc(Br)nc1. The minimum atomic E-state index is -0.0966. The molecule has 1 rings (SSSR count). The van der Waals surface area contributed by atoms with Crippen LogP contribution >= 0.6 is 15.9 Å². The number of nitrogens with one attached hydrogen (secondary N) is 1. The molecule has 0 fully saturated rings. The maximum Gasteiger partial charge on any atom is 0.252 e. The van der Waals surface area contributed by atoms with Crippen molar-refractivity contribution in [3.63, 3.8) is 0 Å². The van der Waals surface area contributed by atoms with Crippen molar-refractivity contribution >= 4 is 21.8 Å². The van der Waals surface area contributed by atoms with Crippen LogP contribution in [0, 0.1) is 12.3 Å². The van der Waals surface area contributed by atoms with E-state index < -0.39 is 0 Å². The maximum atomic E-state index is 11.6. The fourth-order valence-electron chi connectivity index (χ4n) is 1.17. The van der Waals surface area contributed by atoms with E-state index in [0.29, 0.717) is 12.1 Å². The zero-order valence-electron chi connectivity index (χ0n) is 8.87. The first-order valence-electron chi connectivity index (χ1n) is 5.07. The van der Waals surface area contributed by atoms with E-state index in [9.17, 15) is 4.79 Å². The highest BCUT2D eigenvalue weighted by Gasteiger charge is 2.04. The molecule has 0 unspecified atom stereocenters. The number of halogens is 1. The summed E-state index contributed by atoms with van der Waals surface area (Å²) in [6, 6.07) is 3.47. The molecule has 0 saturated heterocycles. The first-order chi connectivity index (χ1) is 7.74. The van der Waals surface area contributed by atoms with E-state index in [4.69, 9.17) is 6.42 Å². The van der Waals surface area contributed by atoms with E-state index in [-0.39, 0.29) is 5.91 Å². The van der Waals surface area contributed by atoms with Crippen molar-refractivity contribution in [3.8, 4) is 12.3 Å². The van der Waals surface area contributed by atoms with Crippen LogP contribution in [-0.2, 0) is 0 Å². The molecule has 4 heteroatoms. The molecule has 1 heterocycles. The topological polar surface area (TPSA) is 42.0 Å². The molecule has 0 atom stereocenters. The van der Waals surface area contributed by atoms with E-state index >= 15 is 0 Å². The molecule has 16 heavy (non-hydrogen) atoms. The van der Waals surface area contributed by atoms with Crippen LogP contribution in [0.3, 0.4) is 0 Å². The highest BCUT2D eigenvalue weighted by Crippen LogP contribution is 2.06. The second kappa shape index (κ2) is 7.02. The van der Waals surface area contributed by atoms with E-state index in [0.717, 1.165) is 23.9 Å². The van der Waals surface area contributed by atoms with Crippen LogP contribution in [0.15, 0.2) is 22.9 Å². The van der Waals surface area contributed by atoms with Gasteiger partial charge in [0.15, 0.2) is 0 Å². The van der Waals surface area contributed by atoms with Crippen LogP contribution in [0.25, 0.3) is 0 Å². The lowest BCUT2D eigenvalue weighted by Gasteiger charge is -2.03. The van der Waals surface area contributed by atoms with Crippen LogP contribution < -0.4 is 5.32 Å². The van der Waals surface area contributed by atoms with Gasteiger partial charge < -0.3 is 5.32 Å². The molecule has 1 N–H and O–H groups in total. The van der Waals surface area contributed by atoms with Crippen molar-refractivity contribution in [2.75, 3.05) is 6.54 Å². The predicted molar refractivity (Wildman–Crippen MR) is 67.0 cm³/mol. The average molecular weight is 281 g/mol. The monoisotopic (exact) mass is 280 g/mol. The number of terminal acetylenes is 1. The standard InChI is InChI=1S/C12H13BrN2O/c1-2-3-4-5-8-14-12(16)10-6-7-11(13)15-9-10/h1,6-7,9H,3-5,8H2,(H,14,16). The molecule has 0 aliphatic carbocycles. The number of hydrogen-bond donors (Lipinski definition) is 1. The lowest BCUT2D eigenvalue weighted by molar-refractivity contribution is 0.0952. The summed E-state index contributed by atoms with van der Waals surface area (Å²) in [5.41, 5.74) is 0.570. The second-order valence-electron chi connectivity index (χ2n) is 3.29. The molecule has 0 aliphatic rings. The summed E-state index contributed by atoms with van der Waals surface area (Å²) in [4.78, 5) is 15.6. The Morgan fingerprint density at radius 1 is 1.50 bits per heavy atom. The first kappa shape index (κ1) is 12.7. The fraction of sp³-hybridized carbons (Fsp3) is 0.333. The first-order valence-corrected chi connectivity index (χ1v) is 5.86. The molecule has 0 spiro atoms. The Morgan fingerprint density at radius 3 is 2.94 bits per heavy atom. The van der Waals surface area contributed by atoms with Crippen molar-refractivity contribution in [2.45, 2.75) is 19.3 Å². The Labute approximate surface area is 104 Å². The molecule has 0 saturated carbocycles. The van der Waals surface area contributed by atoms with Crippen LogP contribution in [0.1, 0.15) is 29.6 Å². The normalized spacial score (nSPS) is 9.50. The minimum absolute atomic E-state index is 0.0966. The number of carbonyl (C=O) groups excluding carboxylic acids is 1. The van der Waals surface area contributed by atoms with Crippen LogP contribution in [0.4, 0.5) is 0 Å². The fourth-order valence-corrected chi connectivity index (χ4v) is 1.40. The lowest BCUT2D eigenvalue weighted by atomic mass is 10.2. The van der Waals surface area contributed by atoms with E-state index in [1.807, 2.05) is 0 Å². The summed E-state index contributed by atoms with van der Waals surface area (Å²) in [5.74, 6) is 2.47. The van der Waals surface area contributed by atoms with Crippen molar-refractivity contribution in [3.05, 3.63) is 28.5 Å². The number of carbonyl (C=O) groups is 1. The largest absolute Gasteiger partial charge is 0.352 e. The van der Waals surface area contributed by atoms with Crippen LogP contribution in [-0.4, -0.2) is 17.4 Å². The van der Waals surface area contributed by atoms with Gasteiger partial charge in [-0.15, -0.1) is 12.3 Å². The third kappa shape index (κ3) is 4.45. The Bertz CT molecular complexity index is 381. The number of hydrogen-bond acceptors (Lipinski definition) is 2. The van der Waals surface area contributed by atoms with Gasteiger partial charge in [-0.2, -0.15) is 0 Å². The van der Waals surface area contributed by atoms with Crippen molar-refractivity contribution in [1.29, 1.82) is 0 Å². The Kier molecular flexibility index (Phi) is 5.58. The zero-order chi connectivity index (χ0) is 11.8. The quantitative estimate of drug-likeness (QED) is 0.511. The van der Waals surface area contributed by atoms with Gasteiger partial charge in [0, 0.05) is 19.2 Å². The van der Waals surface area contributed by atoms with Gasteiger partial charge in [0.05, 0.1) is 5.56 Å². The van der Waals surface area contributed by atoms with Crippen molar-refractivity contribution in [1.82, 2.24) is 10.3 Å². The van der Waals surface area contributed by atoms with Crippen molar-refractivity contribution in [2.24, 2.45) is 0 Å². The van der Waals surface area contributed by atoms with Crippen molar-refractivity contribution < 1.29 is 4.79 Å². The van der Waals surface area contributed by atoms with Gasteiger partial charge in [-0.05, 0) is 40.9 Å². The molecule has 0 bridgehead atoms. The predicted octanol–water partition coefficient (Wildman–Crippen LogP) is 2.38. The minimum Gasteiger partial charge on any atom is -0.352 e. The van der Waals surface area contributed by atoms with Gasteiger partial charge in [0.2, 0.25) is 0 Å². The average Bonchev–Trinajstić information content (AvgIpc) is 2.29. The highest BCUT2D eigenvalue weighted by molar-refractivity contribution is 9.10. The van der Waals surface area contributed by atoms with Gasteiger partial charge in [-0.25, -0.2) is 4.98 Å². The number of pyridine rings is 1. The summed E-state index contributed by atoms with van der Waals surface area (Å²) in [6.07, 6.45) is 9.27. The maximum absolute atomic E-state index is 11.6. The third-order valence-corrected chi connectivity index (χ3v) is 2.49. The molecule has 0 radical (unpaired) electrons. The molecule has 1 aromatic heterocycles. The molecule has 3 nitrogen and oxygen atoms in total. The molecule has 1 amide bonds. The number of aromatic nitrogens is 1. The van der Waals surface area contributed by atoms with E-state index in [1.54, 1.807) is 18.3 Å². The van der Waals surface area contributed by atoms with E-state index in [2.05, 4.69) is 32.2 Å². The highest BCUT2D eigenvalue weighted by atomic mass is 79.9. The summed E-state index contributed by atoms with van der Waals surface area (Å²) in [7, 11) is 0. The van der Waals surface area contributed by atoms with Gasteiger partial charge in [0.25, 0.3) is 5.91 Å². The smallest absolute Gasteiger partial charge is 0.252 e. The Balaban J connectivity index is 2.30. The third-order valence-electron chi connectivity index (χ3n) is 2.02. The number of amides is 1. The van der Waals surface area contributed by atoms with Gasteiger partial charge >= 0.3 is 0 Å². The molecular weight excluding hydrogens is 268 g/mol. The second-order valence-corrected chi connectivity index (χ2v) is 4.10. The van der Waals surface area contributed by atoms with Crippen LogP contribution in [0.5, 0.6) is 0 Å². The number of rotatable bonds is 5. The molecule has 1 aromatic rings. The Hall–Kier alpha value is -1.34. The summed E-state index contributed by atoms with van der Waals surface area (Å²) >= 11 is 3.21. The lowest BCUT2D eigenvalue weighted by Crippen LogP contribution is -2.24.